The van der Waals surface area contributed by atoms with E-state index in [1.807, 2.05) is 35.8 Å². The number of anilines is 1. The first-order valence-electron chi connectivity index (χ1n) is 5.62. The zero-order valence-corrected chi connectivity index (χ0v) is 13.2. The largest absolute Gasteiger partial charge is 0.369 e. The number of halogens is 2. The summed E-state index contributed by atoms with van der Waals surface area (Å²) in [7, 11) is 0. The van der Waals surface area contributed by atoms with Gasteiger partial charge in [-0.2, -0.15) is 0 Å². The molecule has 4 nitrogen and oxygen atoms in total. The molecule has 0 aliphatic rings. The average Bonchev–Trinajstić information content (AvgIpc) is 2.65. The number of aryl methyl sites for hydroxylation is 1. The first-order chi connectivity index (χ1) is 9.06. The number of nitrogen functional groups attached to an aromatic ring is 1. The zero-order chi connectivity index (χ0) is 13.6. The molecule has 3 aromatic rings. The number of pyridine rings is 1. The van der Waals surface area contributed by atoms with E-state index in [1.165, 1.54) is 0 Å². The summed E-state index contributed by atoms with van der Waals surface area (Å²) < 4.78 is 3.79. The summed E-state index contributed by atoms with van der Waals surface area (Å²) in [6.45, 7) is 2.03. The Bertz CT molecular complexity index is 780. The highest BCUT2D eigenvalue weighted by Crippen LogP contribution is 2.27. The summed E-state index contributed by atoms with van der Waals surface area (Å²) in [5.74, 6) is 0.436. The number of rotatable bonds is 1. The van der Waals surface area contributed by atoms with Gasteiger partial charge in [-0.1, -0.05) is 15.9 Å². The van der Waals surface area contributed by atoms with Gasteiger partial charge >= 0.3 is 0 Å². The molecular formula is C13H10Br2N4. The number of imidazole rings is 1. The van der Waals surface area contributed by atoms with Crippen molar-refractivity contribution >= 4 is 49.0 Å². The Labute approximate surface area is 126 Å². The van der Waals surface area contributed by atoms with Crippen molar-refractivity contribution in [2.75, 3.05) is 5.73 Å². The van der Waals surface area contributed by atoms with Crippen LogP contribution in [0.2, 0.25) is 0 Å². The summed E-state index contributed by atoms with van der Waals surface area (Å²) in [4.78, 5) is 8.75. The van der Waals surface area contributed by atoms with E-state index in [9.17, 15) is 0 Å². The van der Waals surface area contributed by atoms with Crippen molar-refractivity contribution in [2.24, 2.45) is 0 Å². The molecule has 19 heavy (non-hydrogen) atoms. The molecule has 2 N–H and O–H groups in total. The third kappa shape index (κ3) is 2.15. The van der Waals surface area contributed by atoms with Crippen LogP contribution in [0.3, 0.4) is 0 Å². The van der Waals surface area contributed by atoms with Crippen LogP contribution >= 0.6 is 31.9 Å². The van der Waals surface area contributed by atoms with Crippen LogP contribution in [0.15, 0.2) is 39.4 Å². The van der Waals surface area contributed by atoms with Gasteiger partial charge < -0.3 is 5.73 Å². The average molecular weight is 382 g/mol. The number of nitrogens with zero attached hydrogens (tertiary/aromatic N) is 3. The summed E-state index contributed by atoms with van der Waals surface area (Å²) in [6.07, 6.45) is 1.74. The van der Waals surface area contributed by atoms with Gasteiger partial charge in [-0.15, -0.1) is 0 Å². The fraction of sp³-hybridized carbons (Fsp3) is 0.0769. The second-order valence-electron chi connectivity index (χ2n) is 4.23. The number of aromatic nitrogens is 3. The Kier molecular flexibility index (Phi) is 3.06. The predicted octanol–water partition coefficient (Wildman–Crippen LogP) is 3.84. The van der Waals surface area contributed by atoms with Gasteiger partial charge in [0.25, 0.3) is 0 Å². The van der Waals surface area contributed by atoms with Gasteiger partial charge in [0.15, 0.2) is 5.65 Å². The SMILES string of the molecule is Cc1cc(Br)ccc1-n1c(N)nc2cc(Br)cnc21. The molecule has 1 aromatic carbocycles. The fourth-order valence-electron chi connectivity index (χ4n) is 2.07. The summed E-state index contributed by atoms with van der Waals surface area (Å²) in [5, 5.41) is 0. The van der Waals surface area contributed by atoms with Crippen molar-refractivity contribution in [2.45, 2.75) is 6.92 Å². The van der Waals surface area contributed by atoms with Crippen LogP contribution in [0.1, 0.15) is 5.56 Å². The summed E-state index contributed by atoms with van der Waals surface area (Å²) in [6, 6.07) is 7.93. The second-order valence-corrected chi connectivity index (χ2v) is 6.06. The topological polar surface area (TPSA) is 56.7 Å². The molecule has 3 rings (SSSR count). The zero-order valence-electron chi connectivity index (χ0n) is 10.1. The third-order valence-corrected chi connectivity index (χ3v) is 3.82. The quantitative estimate of drug-likeness (QED) is 0.696. The second kappa shape index (κ2) is 4.61. The minimum Gasteiger partial charge on any atom is -0.369 e. The van der Waals surface area contributed by atoms with Gasteiger partial charge in [0, 0.05) is 15.1 Å². The molecule has 0 amide bonds. The van der Waals surface area contributed by atoms with E-state index in [1.54, 1.807) is 6.20 Å². The van der Waals surface area contributed by atoms with E-state index < -0.39 is 0 Å². The highest BCUT2D eigenvalue weighted by molar-refractivity contribution is 9.10. The minimum atomic E-state index is 0.436. The van der Waals surface area contributed by atoms with Crippen LogP contribution in [0.5, 0.6) is 0 Å². The number of benzene rings is 1. The lowest BCUT2D eigenvalue weighted by atomic mass is 10.2. The van der Waals surface area contributed by atoms with Crippen molar-refractivity contribution in [3.63, 3.8) is 0 Å². The molecule has 2 aromatic heterocycles. The lowest BCUT2D eigenvalue weighted by molar-refractivity contribution is 1.06. The first kappa shape index (κ1) is 12.6. The molecule has 0 saturated heterocycles. The highest BCUT2D eigenvalue weighted by Gasteiger charge is 2.13. The standard InChI is InChI=1S/C13H10Br2N4/c1-7-4-8(14)2-3-11(7)19-12-10(18-13(19)16)5-9(15)6-17-12/h2-6H,1H3,(H2,16,18). The molecule has 0 fully saturated rings. The van der Waals surface area contributed by atoms with Crippen LogP contribution < -0.4 is 5.73 Å². The molecule has 0 unspecified atom stereocenters. The van der Waals surface area contributed by atoms with E-state index in [4.69, 9.17) is 5.73 Å². The Morgan fingerprint density at radius 3 is 2.68 bits per heavy atom. The van der Waals surface area contributed by atoms with Crippen LogP contribution in [0, 0.1) is 6.92 Å². The van der Waals surface area contributed by atoms with Gasteiger partial charge in [0.1, 0.15) is 5.52 Å². The number of nitrogens with two attached hydrogens (primary N) is 1. The van der Waals surface area contributed by atoms with Crippen molar-refractivity contribution in [1.29, 1.82) is 0 Å². The van der Waals surface area contributed by atoms with E-state index in [0.717, 1.165) is 31.4 Å². The van der Waals surface area contributed by atoms with Crippen molar-refractivity contribution in [3.8, 4) is 5.69 Å². The van der Waals surface area contributed by atoms with Gasteiger partial charge in [0.05, 0.1) is 5.69 Å². The first-order valence-corrected chi connectivity index (χ1v) is 7.21. The maximum absolute atomic E-state index is 6.03. The molecule has 0 spiro atoms. The highest BCUT2D eigenvalue weighted by atomic mass is 79.9. The fourth-order valence-corrected chi connectivity index (χ4v) is 2.86. The van der Waals surface area contributed by atoms with Gasteiger partial charge in [-0.3, -0.25) is 4.57 Å². The van der Waals surface area contributed by atoms with Crippen molar-refractivity contribution < 1.29 is 0 Å². The predicted molar refractivity (Wildman–Crippen MR) is 83.4 cm³/mol. The normalized spacial score (nSPS) is 11.1. The Balaban J connectivity index is 2.33. The maximum atomic E-state index is 6.03. The lowest BCUT2D eigenvalue weighted by Crippen LogP contribution is -2.03. The maximum Gasteiger partial charge on any atom is 0.207 e. The molecule has 0 saturated carbocycles. The number of hydrogen-bond donors (Lipinski definition) is 1. The number of fused-ring (bicyclic) bond motifs is 1. The van der Waals surface area contributed by atoms with Crippen molar-refractivity contribution in [1.82, 2.24) is 14.5 Å². The van der Waals surface area contributed by atoms with E-state index in [-0.39, 0.29) is 0 Å². The monoisotopic (exact) mass is 380 g/mol. The summed E-state index contributed by atoms with van der Waals surface area (Å²) in [5.41, 5.74) is 9.64. The smallest absolute Gasteiger partial charge is 0.207 e. The van der Waals surface area contributed by atoms with Gasteiger partial charge in [-0.05, 0) is 52.7 Å². The lowest BCUT2D eigenvalue weighted by Gasteiger charge is -2.09. The molecular weight excluding hydrogens is 372 g/mol. The molecule has 0 atom stereocenters. The molecule has 0 aliphatic heterocycles. The molecule has 0 radical (unpaired) electrons. The Hall–Kier alpha value is -1.40. The minimum absolute atomic E-state index is 0.436. The van der Waals surface area contributed by atoms with E-state index in [2.05, 4.69) is 41.8 Å². The van der Waals surface area contributed by atoms with E-state index in [0.29, 0.717) is 5.95 Å². The molecule has 6 heteroatoms. The van der Waals surface area contributed by atoms with Crippen LogP contribution in [0.4, 0.5) is 5.95 Å². The molecule has 2 heterocycles. The van der Waals surface area contributed by atoms with Gasteiger partial charge in [0.2, 0.25) is 5.95 Å². The van der Waals surface area contributed by atoms with Crippen LogP contribution in [-0.4, -0.2) is 14.5 Å². The number of hydrogen-bond acceptors (Lipinski definition) is 3. The van der Waals surface area contributed by atoms with Crippen molar-refractivity contribution in [3.05, 3.63) is 45.0 Å². The molecule has 96 valence electrons. The van der Waals surface area contributed by atoms with E-state index >= 15 is 0 Å². The molecule has 0 aliphatic carbocycles. The van der Waals surface area contributed by atoms with Crippen LogP contribution in [0.25, 0.3) is 16.9 Å². The Morgan fingerprint density at radius 2 is 1.95 bits per heavy atom. The van der Waals surface area contributed by atoms with Gasteiger partial charge in [-0.25, -0.2) is 9.97 Å². The molecule has 0 bridgehead atoms. The summed E-state index contributed by atoms with van der Waals surface area (Å²) >= 11 is 6.85. The third-order valence-electron chi connectivity index (χ3n) is 2.89. The van der Waals surface area contributed by atoms with Crippen LogP contribution in [-0.2, 0) is 0 Å². The Morgan fingerprint density at radius 1 is 1.16 bits per heavy atom.